The molecule has 2 rings (SSSR count). The standard InChI is InChI=1S/C15H15NO5S2/c1-3-21-15(18)12-7-8-22-14(12)16-13(17)10-5-4-6-11(9-10)23(2,19)20/h4-9H,3H2,1-2H3,(H,16,17). The summed E-state index contributed by atoms with van der Waals surface area (Å²) in [6, 6.07) is 7.27. The van der Waals surface area contributed by atoms with Crippen molar-refractivity contribution in [1.29, 1.82) is 0 Å². The zero-order valence-electron chi connectivity index (χ0n) is 12.5. The van der Waals surface area contributed by atoms with Crippen molar-refractivity contribution in [3.63, 3.8) is 0 Å². The van der Waals surface area contributed by atoms with Crippen molar-refractivity contribution < 1.29 is 22.7 Å². The van der Waals surface area contributed by atoms with Crippen LogP contribution in [-0.4, -0.2) is 33.2 Å². The SMILES string of the molecule is CCOC(=O)c1ccsc1NC(=O)c1cccc(S(C)(=O)=O)c1. The summed E-state index contributed by atoms with van der Waals surface area (Å²) < 4.78 is 28.0. The summed E-state index contributed by atoms with van der Waals surface area (Å²) in [7, 11) is -3.40. The molecular formula is C15H15NO5S2. The quantitative estimate of drug-likeness (QED) is 0.835. The third-order valence-electron chi connectivity index (χ3n) is 2.91. The van der Waals surface area contributed by atoms with Gasteiger partial charge in [-0.25, -0.2) is 13.2 Å². The Morgan fingerprint density at radius 1 is 1.26 bits per heavy atom. The van der Waals surface area contributed by atoms with Crippen molar-refractivity contribution >= 4 is 38.1 Å². The van der Waals surface area contributed by atoms with Crippen molar-refractivity contribution in [3.8, 4) is 0 Å². The van der Waals surface area contributed by atoms with Crippen LogP contribution in [0.5, 0.6) is 0 Å². The number of ether oxygens (including phenoxy) is 1. The Morgan fingerprint density at radius 3 is 2.65 bits per heavy atom. The summed E-state index contributed by atoms with van der Waals surface area (Å²) in [5.41, 5.74) is 0.459. The lowest BCUT2D eigenvalue weighted by Crippen LogP contribution is -2.14. The fourth-order valence-corrected chi connectivity index (χ4v) is 3.26. The Balaban J connectivity index is 2.24. The number of amides is 1. The number of benzene rings is 1. The number of hydrogen-bond acceptors (Lipinski definition) is 6. The first-order chi connectivity index (χ1) is 10.8. The second-order valence-electron chi connectivity index (χ2n) is 4.64. The fourth-order valence-electron chi connectivity index (χ4n) is 1.82. The number of esters is 1. The lowest BCUT2D eigenvalue weighted by Gasteiger charge is -2.07. The van der Waals surface area contributed by atoms with Crippen molar-refractivity contribution in [2.24, 2.45) is 0 Å². The Morgan fingerprint density at radius 2 is 2.00 bits per heavy atom. The van der Waals surface area contributed by atoms with E-state index in [1.54, 1.807) is 18.4 Å². The third-order valence-corrected chi connectivity index (χ3v) is 4.85. The Hall–Kier alpha value is -2.19. The van der Waals surface area contributed by atoms with Crippen LogP contribution >= 0.6 is 11.3 Å². The lowest BCUT2D eigenvalue weighted by molar-refractivity contribution is 0.0528. The van der Waals surface area contributed by atoms with Crippen LogP contribution in [0.15, 0.2) is 40.6 Å². The summed E-state index contributed by atoms with van der Waals surface area (Å²) in [4.78, 5) is 24.1. The molecule has 8 heteroatoms. The maximum absolute atomic E-state index is 12.3. The van der Waals surface area contributed by atoms with Crippen LogP contribution in [0, 0.1) is 0 Å². The van der Waals surface area contributed by atoms with Crippen LogP contribution in [0.4, 0.5) is 5.00 Å². The molecule has 0 fully saturated rings. The minimum atomic E-state index is -3.40. The Kier molecular flexibility index (Phi) is 5.17. The highest BCUT2D eigenvalue weighted by molar-refractivity contribution is 7.90. The number of hydrogen-bond donors (Lipinski definition) is 1. The molecule has 1 aromatic carbocycles. The average molecular weight is 353 g/mol. The molecule has 0 saturated carbocycles. The van der Waals surface area contributed by atoms with Crippen LogP contribution in [0.3, 0.4) is 0 Å². The van der Waals surface area contributed by atoms with Crippen LogP contribution in [0.1, 0.15) is 27.6 Å². The molecule has 1 heterocycles. The molecule has 1 aromatic heterocycles. The summed E-state index contributed by atoms with van der Waals surface area (Å²) >= 11 is 1.19. The van der Waals surface area contributed by atoms with Crippen molar-refractivity contribution in [2.45, 2.75) is 11.8 Å². The molecule has 23 heavy (non-hydrogen) atoms. The highest BCUT2D eigenvalue weighted by Crippen LogP contribution is 2.25. The fraction of sp³-hybridized carbons (Fsp3) is 0.200. The summed E-state index contributed by atoms with van der Waals surface area (Å²) in [6.45, 7) is 1.93. The van der Waals surface area contributed by atoms with Gasteiger partial charge in [-0.15, -0.1) is 11.3 Å². The zero-order chi connectivity index (χ0) is 17.0. The maximum atomic E-state index is 12.3. The van der Waals surface area contributed by atoms with E-state index in [1.165, 1.54) is 35.6 Å². The zero-order valence-corrected chi connectivity index (χ0v) is 14.2. The van der Waals surface area contributed by atoms with E-state index in [1.807, 2.05) is 0 Å². The normalized spacial score (nSPS) is 11.0. The van der Waals surface area contributed by atoms with Gasteiger partial charge in [0.1, 0.15) is 5.00 Å². The van der Waals surface area contributed by atoms with Crippen LogP contribution in [-0.2, 0) is 14.6 Å². The smallest absolute Gasteiger partial charge is 0.341 e. The molecule has 0 bridgehead atoms. The van der Waals surface area contributed by atoms with Crippen molar-refractivity contribution in [2.75, 3.05) is 18.2 Å². The first-order valence-corrected chi connectivity index (χ1v) is 9.46. The largest absolute Gasteiger partial charge is 0.462 e. The highest BCUT2D eigenvalue weighted by atomic mass is 32.2. The van der Waals surface area contributed by atoms with Gasteiger partial charge in [0, 0.05) is 11.8 Å². The first kappa shape index (κ1) is 17.2. The second kappa shape index (κ2) is 6.93. The molecular weight excluding hydrogens is 338 g/mol. The number of carbonyl (C=O) groups excluding carboxylic acids is 2. The van der Waals surface area contributed by atoms with Gasteiger partial charge in [0.2, 0.25) is 0 Å². The van der Waals surface area contributed by atoms with Crippen LogP contribution in [0.25, 0.3) is 0 Å². The number of carbonyl (C=O) groups is 2. The number of rotatable bonds is 5. The van der Waals surface area contributed by atoms with E-state index in [2.05, 4.69) is 5.32 Å². The number of sulfone groups is 1. The number of anilines is 1. The van der Waals surface area contributed by atoms with E-state index >= 15 is 0 Å². The van der Waals surface area contributed by atoms with Gasteiger partial charge in [-0.3, -0.25) is 4.79 Å². The molecule has 0 aliphatic heterocycles. The van der Waals surface area contributed by atoms with E-state index < -0.39 is 21.7 Å². The summed E-state index contributed by atoms with van der Waals surface area (Å²) in [5.74, 6) is -1.02. The molecule has 1 N–H and O–H groups in total. The summed E-state index contributed by atoms with van der Waals surface area (Å²) in [5, 5.41) is 4.63. The molecule has 0 aliphatic rings. The highest BCUT2D eigenvalue weighted by Gasteiger charge is 2.17. The molecule has 2 aromatic rings. The van der Waals surface area contributed by atoms with Gasteiger partial charge in [-0.05, 0) is 36.6 Å². The van der Waals surface area contributed by atoms with Crippen LogP contribution in [0.2, 0.25) is 0 Å². The maximum Gasteiger partial charge on any atom is 0.341 e. The molecule has 0 saturated heterocycles. The average Bonchev–Trinajstić information content (AvgIpc) is 2.95. The first-order valence-electron chi connectivity index (χ1n) is 6.69. The van der Waals surface area contributed by atoms with Gasteiger partial charge >= 0.3 is 5.97 Å². The van der Waals surface area contributed by atoms with Gasteiger partial charge in [-0.1, -0.05) is 6.07 Å². The predicted molar refractivity (Wildman–Crippen MR) is 87.8 cm³/mol. The minimum Gasteiger partial charge on any atom is -0.462 e. The molecule has 122 valence electrons. The Bertz CT molecular complexity index is 839. The topological polar surface area (TPSA) is 89.5 Å². The molecule has 0 radical (unpaired) electrons. The molecule has 6 nitrogen and oxygen atoms in total. The number of nitrogens with one attached hydrogen (secondary N) is 1. The van der Waals surface area contributed by atoms with E-state index in [9.17, 15) is 18.0 Å². The molecule has 0 spiro atoms. The monoisotopic (exact) mass is 353 g/mol. The summed E-state index contributed by atoms with van der Waals surface area (Å²) in [6.07, 6.45) is 1.07. The van der Waals surface area contributed by atoms with Gasteiger partial charge in [0.05, 0.1) is 17.1 Å². The van der Waals surface area contributed by atoms with Gasteiger partial charge in [0.15, 0.2) is 9.84 Å². The van der Waals surface area contributed by atoms with E-state index in [0.29, 0.717) is 5.00 Å². The molecule has 0 unspecified atom stereocenters. The van der Waals surface area contributed by atoms with Crippen LogP contribution < -0.4 is 5.32 Å². The van der Waals surface area contributed by atoms with Gasteiger partial charge < -0.3 is 10.1 Å². The number of thiophene rings is 1. The minimum absolute atomic E-state index is 0.0574. The van der Waals surface area contributed by atoms with Crippen molar-refractivity contribution in [1.82, 2.24) is 0 Å². The van der Waals surface area contributed by atoms with E-state index in [4.69, 9.17) is 4.74 Å². The molecule has 0 aliphatic carbocycles. The van der Waals surface area contributed by atoms with Crippen molar-refractivity contribution in [3.05, 3.63) is 46.8 Å². The van der Waals surface area contributed by atoms with E-state index in [-0.39, 0.29) is 22.6 Å². The van der Waals surface area contributed by atoms with Gasteiger partial charge in [0.25, 0.3) is 5.91 Å². The van der Waals surface area contributed by atoms with E-state index in [0.717, 1.165) is 6.26 Å². The third kappa shape index (κ3) is 4.17. The lowest BCUT2D eigenvalue weighted by atomic mass is 10.2. The molecule has 1 amide bonds. The van der Waals surface area contributed by atoms with Gasteiger partial charge in [-0.2, -0.15) is 0 Å². The molecule has 0 atom stereocenters. The Labute approximate surface area is 138 Å². The predicted octanol–water partition coefficient (Wildman–Crippen LogP) is 2.58. The second-order valence-corrected chi connectivity index (χ2v) is 7.57.